The van der Waals surface area contributed by atoms with Crippen molar-refractivity contribution in [1.29, 1.82) is 0 Å². The molecule has 0 aliphatic heterocycles. The van der Waals surface area contributed by atoms with Gasteiger partial charge in [-0.2, -0.15) is 0 Å². The first-order valence-corrected chi connectivity index (χ1v) is 6.23. The highest BCUT2D eigenvalue weighted by Gasteiger charge is 2.09. The summed E-state index contributed by atoms with van der Waals surface area (Å²) in [5.74, 6) is 0.725. The van der Waals surface area contributed by atoms with Crippen molar-refractivity contribution < 1.29 is 9.53 Å². The van der Waals surface area contributed by atoms with Crippen LogP contribution >= 0.6 is 0 Å². The van der Waals surface area contributed by atoms with Gasteiger partial charge in [-0.25, -0.2) is 0 Å². The molecule has 0 unspecified atom stereocenters. The van der Waals surface area contributed by atoms with Gasteiger partial charge < -0.3 is 10.5 Å². The Morgan fingerprint density at radius 3 is 2.32 bits per heavy atom. The van der Waals surface area contributed by atoms with Gasteiger partial charge in [-0.3, -0.25) is 4.79 Å². The molecule has 0 aromatic heterocycles. The summed E-state index contributed by atoms with van der Waals surface area (Å²) in [7, 11) is 0. The number of carbonyl (C=O) groups is 1. The lowest BCUT2D eigenvalue weighted by Gasteiger charge is -2.10. The van der Waals surface area contributed by atoms with Crippen LogP contribution in [0.15, 0.2) is 48.5 Å². The molecule has 0 radical (unpaired) electrons. The molecule has 0 bridgehead atoms. The van der Waals surface area contributed by atoms with Crippen LogP contribution in [0, 0.1) is 0 Å². The number of nitrogen functional groups attached to an aromatic ring is 1. The highest BCUT2D eigenvalue weighted by Crippen LogP contribution is 2.17. The van der Waals surface area contributed by atoms with Crippen LogP contribution in [0.4, 0.5) is 5.69 Å². The number of carbonyl (C=O) groups excluding carboxylic acids is 1. The molecule has 0 heterocycles. The summed E-state index contributed by atoms with van der Waals surface area (Å²) in [6.45, 7) is 3.93. The fourth-order valence-corrected chi connectivity index (χ4v) is 1.80. The second-order valence-electron chi connectivity index (χ2n) is 4.65. The van der Waals surface area contributed by atoms with Crippen molar-refractivity contribution in [3.05, 3.63) is 59.7 Å². The van der Waals surface area contributed by atoms with E-state index in [9.17, 15) is 4.79 Å². The second kappa shape index (κ2) is 5.57. The monoisotopic (exact) mass is 255 g/mol. The zero-order valence-corrected chi connectivity index (χ0v) is 11.1. The molecule has 0 atom stereocenters. The van der Waals surface area contributed by atoms with Gasteiger partial charge in [-0.05, 0) is 50.2 Å². The van der Waals surface area contributed by atoms with E-state index in [0.717, 1.165) is 5.75 Å². The highest BCUT2D eigenvalue weighted by atomic mass is 16.5. The molecule has 0 amide bonds. The van der Waals surface area contributed by atoms with Gasteiger partial charge in [-0.1, -0.05) is 12.1 Å². The van der Waals surface area contributed by atoms with Gasteiger partial charge in [0.15, 0.2) is 5.78 Å². The van der Waals surface area contributed by atoms with Gasteiger partial charge in [0, 0.05) is 16.8 Å². The van der Waals surface area contributed by atoms with Crippen molar-refractivity contribution in [3.8, 4) is 5.75 Å². The molecule has 0 fully saturated rings. The summed E-state index contributed by atoms with van der Waals surface area (Å²) >= 11 is 0. The van der Waals surface area contributed by atoms with E-state index < -0.39 is 0 Å². The van der Waals surface area contributed by atoms with Crippen LogP contribution in [0.3, 0.4) is 0 Å². The second-order valence-corrected chi connectivity index (χ2v) is 4.65. The molecule has 3 nitrogen and oxygen atoms in total. The average Bonchev–Trinajstić information content (AvgIpc) is 2.38. The lowest BCUT2D eigenvalue weighted by atomic mass is 10.0. The first-order chi connectivity index (χ1) is 9.06. The molecule has 3 heteroatoms. The molecular weight excluding hydrogens is 238 g/mol. The summed E-state index contributed by atoms with van der Waals surface area (Å²) in [5, 5.41) is 0. The Balaban J connectivity index is 2.20. The molecule has 98 valence electrons. The molecule has 2 aromatic carbocycles. The Morgan fingerprint density at radius 2 is 1.74 bits per heavy atom. The summed E-state index contributed by atoms with van der Waals surface area (Å²) in [6, 6.07) is 14.1. The Kier molecular flexibility index (Phi) is 3.85. The van der Waals surface area contributed by atoms with Gasteiger partial charge in [0.1, 0.15) is 5.75 Å². The molecule has 0 aliphatic rings. The van der Waals surface area contributed by atoms with Crippen LogP contribution in [0.5, 0.6) is 5.75 Å². The first kappa shape index (κ1) is 13.1. The van der Waals surface area contributed by atoms with E-state index in [0.29, 0.717) is 16.8 Å². The fraction of sp³-hybridized carbons (Fsp3) is 0.188. The molecule has 0 saturated carbocycles. The summed E-state index contributed by atoms with van der Waals surface area (Å²) in [5.41, 5.74) is 7.49. The molecule has 2 N–H and O–H groups in total. The number of rotatable bonds is 4. The van der Waals surface area contributed by atoms with E-state index in [4.69, 9.17) is 10.5 Å². The minimum Gasteiger partial charge on any atom is -0.491 e. The van der Waals surface area contributed by atoms with Crippen molar-refractivity contribution in [3.63, 3.8) is 0 Å². The predicted octanol–water partition coefficient (Wildman–Crippen LogP) is 3.29. The number of hydrogen-bond acceptors (Lipinski definition) is 3. The number of ketones is 1. The maximum absolute atomic E-state index is 12.2. The highest BCUT2D eigenvalue weighted by molar-refractivity contribution is 6.09. The molecule has 19 heavy (non-hydrogen) atoms. The maximum atomic E-state index is 12.2. The van der Waals surface area contributed by atoms with Crippen LogP contribution in [0.25, 0.3) is 0 Å². The molecule has 0 saturated heterocycles. The fourth-order valence-electron chi connectivity index (χ4n) is 1.80. The largest absolute Gasteiger partial charge is 0.491 e. The van der Waals surface area contributed by atoms with Crippen molar-refractivity contribution in [2.45, 2.75) is 20.0 Å². The third-order valence-corrected chi connectivity index (χ3v) is 2.64. The SMILES string of the molecule is CC(C)Oc1ccc(C(=O)c2cccc(N)c2)cc1. The van der Waals surface area contributed by atoms with Crippen LogP contribution < -0.4 is 10.5 Å². The van der Waals surface area contributed by atoms with Crippen molar-refractivity contribution in [2.24, 2.45) is 0 Å². The Bertz CT molecular complexity index is 574. The normalized spacial score (nSPS) is 10.5. The molecular formula is C16H17NO2. The zero-order chi connectivity index (χ0) is 13.8. The molecule has 2 rings (SSSR count). The lowest BCUT2D eigenvalue weighted by Crippen LogP contribution is -2.06. The molecule has 2 aromatic rings. The molecule has 0 aliphatic carbocycles. The standard InChI is InChI=1S/C16H17NO2/c1-11(2)19-15-8-6-12(7-9-15)16(18)13-4-3-5-14(17)10-13/h3-11H,17H2,1-2H3. The number of hydrogen-bond donors (Lipinski definition) is 1. The average molecular weight is 255 g/mol. The third kappa shape index (κ3) is 3.35. The van der Waals surface area contributed by atoms with Crippen molar-refractivity contribution in [2.75, 3.05) is 5.73 Å². The topological polar surface area (TPSA) is 52.3 Å². The number of ether oxygens (including phenoxy) is 1. The van der Waals surface area contributed by atoms with E-state index >= 15 is 0 Å². The third-order valence-electron chi connectivity index (χ3n) is 2.64. The van der Waals surface area contributed by atoms with Crippen molar-refractivity contribution in [1.82, 2.24) is 0 Å². The number of benzene rings is 2. The summed E-state index contributed by atoms with van der Waals surface area (Å²) in [6.07, 6.45) is 0.121. The van der Waals surface area contributed by atoms with Gasteiger partial charge >= 0.3 is 0 Å². The minimum absolute atomic E-state index is 0.0385. The molecule has 0 spiro atoms. The van der Waals surface area contributed by atoms with E-state index in [1.807, 2.05) is 13.8 Å². The summed E-state index contributed by atoms with van der Waals surface area (Å²) < 4.78 is 5.54. The maximum Gasteiger partial charge on any atom is 0.193 e. The van der Waals surface area contributed by atoms with Crippen LogP contribution in [0.1, 0.15) is 29.8 Å². The van der Waals surface area contributed by atoms with Gasteiger partial charge in [0.05, 0.1) is 6.10 Å². The lowest BCUT2D eigenvalue weighted by molar-refractivity contribution is 0.103. The minimum atomic E-state index is -0.0385. The van der Waals surface area contributed by atoms with Gasteiger partial charge in [0.2, 0.25) is 0 Å². The van der Waals surface area contributed by atoms with Gasteiger partial charge in [-0.15, -0.1) is 0 Å². The first-order valence-electron chi connectivity index (χ1n) is 6.23. The van der Waals surface area contributed by atoms with E-state index in [1.54, 1.807) is 48.5 Å². The Hall–Kier alpha value is -2.29. The smallest absolute Gasteiger partial charge is 0.193 e. The summed E-state index contributed by atoms with van der Waals surface area (Å²) in [4.78, 5) is 12.2. The Morgan fingerprint density at radius 1 is 1.05 bits per heavy atom. The van der Waals surface area contributed by atoms with Crippen LogP contribution in [-0.2, 0) is 0 Å². The van der Waals surface area contributed by atoms with Crippen molar-refractivity contribution >= 4 is 11.5 Å². The van der Waals surface area contributed by atoms with Gasteiger partial charge in [0.25, 0.3) is 0 Å². The zero-order valence-electron chi connectivity index (χ0n) is 11.1. The van der Waals surface area contributed by atoms with Crippen LogP contribution in [-0.4, -0.2) is 11.9 Å². The van der Waals surface area contributed by atoms with Crippen LogP contribution in [0.2, 0.25) is 0 Å². The van der Waals surface area contributed by atoms with E-state index in [-0.39, 0.29) is 11.9 Å². The van der Waals surface area contributed by atoms with E-state index in [1.165, 1.54) is 0 Å². The number of anilines is 1. The number of nitrogens with two attached hydrogens (primary N) is 1. The predicted molar refractivity (Wildman–Crippen MR) is 76.5 cm³/mol. The Labute approximate surface area is 113 Å². The van der Waals surface area contributed by atoms with E-state index in [2.05, 4.69) is 0 Å². The quantitative estimate of drug-likeness (QED) is 0.673.